The van der Waals surface area contributed by atoms with Gasteiger partial charge in [0.1, 0.15) is 5.78 Å². The van der Waals surface area contributed by atoms with E-state index in [0.717, 1.165) is 28.9 Å². The Bertz CT molecular complexity index is 1200. The summed E-state index contributed by atoms with van der Waals surface area (Å²) in [6.07, 6.45) is 2.09. The maximum atomic E-state index is 13.3. The van der Waals surface area contributed by atoms with Crippen molar-refractivity contribution >= 4 is 39.2 Å². The first-order valence-electron chi connectivity index (χ1n) is 10.9. The van der Waals surface area contributed by atoms with Gasteiger partial charge in [-0.05, 0) is 61.7 Å². The van der Waals surface area contributed by atoms with Crippen LogP contribution in [0.2, 0.25) is 5.02 Å². The van der Waals surface area contributed by atoms with Crippen LogP contribution < -0.4 is 4.72 Å². The first-order chi connectivity index (χ1) is 15.8. The number of benzene rings is 3. The van der Waals surface area contributed by atoms with Crippen LogP contribution in [-0.2, 0) is 14.8 Å². The van der Waals surface area contributed by atoms with Gasteiger partial charge in [0.2, 0.25) is 10.0 Å². The van der Waals surface area contributed by atoms with E-state index in [-0.39, 0.29) is 15.9 Å². The molecule has 0 heterocycles. The van der Waals surface area contributed by atoms with Gasteiger partial charge in [0.25, 0.3) is 0 Å². The van der Waals surface area contributed by atoms with Crippen LogP contribution in [0.4, 0.5) is 0 Å². The first kappa shape index (κ1) is 24.0. The number of nitrogens with one attached hydrogen (secondary N) is 1. The highest BCUT2D eigenvalue weighted by atomic mass is 35.5. The molecule has 1 saturated carbocycles. The number of Topliss-reactive ketones (excluding diaryl/α,β-unsaturated/α-hetero) is 1. The van der Waals surface area contributed by atoms with Crippen molar-refractivity contribution in [1.29, 1.82) is 0 Å². The molecular formula is C26H26ClNO3S2. The molecule has 0 spiro atoms. The molecule has 172 valence electrons. The van der Waals surface area contributed by atoms with Crippen molar-refractivity contribution in [3.8, 4) is 0 Å². The summed E-state index contributed by atoms with van der Waals surface area (Å²) in [5.41, 5.74) is 1.77. The Balaban J connectivity index is 1.70. The lowest BCUT2D eigenvalue weighted by molar-refractivity contribution is -0.125. The highest BCUT2D eigenvalue weighted by molar-refractivity contribution is 8.00. The van der Waals surface area contributed by atoms with Gasteiger partial charge in [0, 0.05) is 21.6 Å². The molecule has 0 bridgehead atoms. The number of aryl methyl sites for hydroxylation is 1. The van der Waals surface area contributed by atoms with Gasteiger partial charge in [-0.3, -0.25) is 4.79 Å². The Morgan fingerprint density at radius 1 is 0.970 bits per heavy atom. The van der Waals surface area contributed by atoms with Crippen molar-refractivity contribution in [1.82, 2.24) is 4.72 Å². The van der Waals surface area contributed by atoms with Gasteiger partial charge >= 0.3 is 0 Å². The number of carbonyl (C=O) groups is 1. The number of carbonyl (C=O) groups excluding carboxylic acids is 1. The minimum atomic E-state index is -3.83. The Labute approximate surface area is 204 Å². The van der Waals surface area contributed by atoms with Crippen molar-refractivity contribution < 1.29 is 13.2 Å². The maximum Gasteiger partial charge on any atom is 0.241 e. The van der Waals surface area contributed by atoms with E-state index in [0.29, 0.717) is 11.4 Å². The van der Waals surface area contributed by atoms with Gasteiger partial charge in [-0.25, -0.2) is 13.1 Å². The van der Waals surface area contributed by atoms with E-state index >= 15 is 0 Å². The molecule has 4 rings (SSSR count). The number of halogens is 1. The fourth-order valence-corrected chi connectivity index (χ4v) is 6.97. The molecule has 1 N–H and O–H groups in total. The molecule has 0 amide bonds. The highest BCUT2D eigenvalue weighted by Gasteiger charge is 2.41. The number of rotatable bonds is 7. The van der Waals surface area contributed by atoms with Crippen LogP contribution in [-0.4, -0.2) is 19.5 Å². The largest absolute Gasteiger partial charge is 0.299 e. The van der Waals surface area contributed by atoms with Gasteiger partial charge in [-0.15, -0.1) is 11.8 Å². The Morgan fingerprint density at radius 3 is 2.30 bits per heavy atom. The molecule has 1 aliphatic carbocycles. The average Bonchev–Trinajstić information content (AvgIpc) is 2.80. The lowest BCUT2D eigenvalue weighted by atomic mass is 9.80. The Kier molecular flexibility index (Phi) is 7.59. The number of hydrogen-bond donors (Lipinski definition) is 1. The second kappa shape index (κ2) is 10.4. The van der Waals surface area contributed by atoms with Crippen LogP contribution >= 0.6 is 23.4 Å². The van der Waals surface area contributed by atoms with Gasteiger partial charge in [0.15, 0.2) is 0 Å². The summed E-state index contributed by atoms with van der Waals surface area (Å²) in [4.78, 5) is 14.5. The molecule has 4 nitrogen and oxygen atoms in total. The molecule has 1 fully saturated rings. The quantitative estimate of drug-likeness (QED) is 0.420. The van der Waals surface area contributed by atoms with E-state index in [1.54, 1.807) is 36.0 Å². The summed E-state index contributed by atoms with van der Waals surface area (Å²) in [6, 6.07) is 23.0. The maximum absolute atomic E-state index is 13.3. The van der Waals surface area contributed by atoms with Crippen LogP contribution in [0.3, 0.4) is 0 Å². The summed E-state index contributed by atoms with van der Waals surface area (Å²) in [5.74, 6) is -0.393. The zero-order valence-corrected chi connectivity index (χ0v) is 20.7. The van der Waals surface area contributed by atoms with Gasteiger partial charge in [-0.1, -0.05) is 59.6 Å². The minimum absolute atomic E-state index is 0.0571. The Morgan fingerprint density at radius 2 is 1.64 bits per heavy atom. The summed E-state index contributed by atoms with van der Waals surface area (Å²) in [7, 11) is -3.83. The predicted octanol–water partition coefficient (Wildman–Crippen LogP) is 6.20. The molecule has 0 saturated heterocycles. The third-order valence-corrected chi connectivity index (χ3v) is 9.00. The van der Waals surface area contributed by atoms with Crippen molar-refractivity contribution in [2.24, 2.45) is 5.92 Å². The number of thioether (sulfide) groups is 1. The second-order valence-electron chi connectivity index (χ2n) is 8.32. The second-order valence-corrected chi connectivity index (χ2v) is 11.8. The van der Waals surface area contributed by atoms with Crippen molar-refractivity contribution in [3.63, 3.8) is 0 Å². The molecular weight excluding hydrogens is 474 g/mol. The molecule has 33 heavy (non-hydrogen) atoms. The monoisotopic (exact) mass is 499 g/mol. The first-order valence-corrected chi connectivity index (χ1v) is 13.7. The summed E-state index contributed by atoms with van der Waals surface area (Å²) in [5, 5.41) is 0.599. The third kappa shape index (κ3) is 5.87. The van der Waals surface area contributed by atoms with E-state index in [4.69, 9.17) is 11.6 Å². The van der Waals surface area contributed by atoms with E-state index in [1.807, 2.05) is 61.5 Å². The van der Waals surface area contributed by atoms with Crippen LogP contribution in [0.25, 0.3) is 0 Å². The zero-order valence-electron chi connectivity index (χ0n) is 18.3. The molecule has 0 aliphatic heterocycles. The van der Waals surface area contributed by atoms with E-state index in [9.17, 15) is 13.2 Å². The molecule has 7 heteroatoms. The molecule has 1 aliphatic rings. The third-order valence-electron chi connectivity index (χ3n) is 5.92. The predicted molar refractivity (Wildman–Crippen MR) is 134 cm³/mol. The molecule has 0 radical (unpaired) electrons. The van der Waals surface area contributed by atoms with Gasteiger partial charge < -0.3 is 0 Å². The fourth-order valence-electron chi connectivity index (χ4n) is 4.21. The lowest BCUT2D eigenvalue weighted by Gasteiger charge is -2.36. The van der Waals surface area contributed by atoms with Crippen molar-refractivity contribution in [2.45, 2.75) is 47.3 Å². The molecule has 3 aromatic rings. The number of hydrogen-bond acceptors (Lipinski definition) is 4. The van der Waals surface area contributed by atoms with Gasteiger partial charge in [0.05, 0.1) is 16.9 Å². The molecule has 3 aromatic carbocycles. The van der Waals surface area contributed by atoms with Crippen molar-refractivity contribution in [3.05, 3.63) is 95.0 Å². The molecule has 0 unspecified atom stereocenters. The normalized spacial score (nSPS) is 19.9. The fraction of sp³-hybridized carbons (Fsp3) is 0.269. The van der Waals surface area contributed by atoms with E-state index in [1.165, 1.54) is 0 Å². The lowest BCUT2D eigenvalue weighted by Crippen LogP contribution is -2.43. The molecule has 3 atom stereocenters. The van der Waals surface area contributed by atoms with Crippen molar-refractivity contribution in [2.75, 3.05) is 0 Å². The minimum Gasteiger partial charge on any atom is -0.299 e. The topological polar surface area (TPSA) is 63.2 Å². The number of ketones is 1. The zero-order chi connectivity index (χ0) is 23.4. The summed E-state index contributed by atoms with van der Waals surface area (Å²) < 4.78 is 29.6. The van der Waals surface area contributed by atoms with Crippen LogP contribution in [0.5, 0.6) is 0 Å². The van der Waals surface area contributed by atoms with Crippen LogP contribution in [0, 0.1) is 12.8 Å². The average molecular weight is 500 g/mol. The Hall–Kier alpha value is -2.12. The summed E-state index contributed by atoms with van der Waals surface area (Å²) >= 11 is 7.65. The van der Waals surface area contributed by atoms with Gasteiger partial charge in [-0.2, -0.15) is 0 Å². The van der Waals surface area contributed by atoms with E-state index in [2.05, 4.69) is 4.72 Å². The number of sulfonamides is 1. The van der Waals surface area contributed by atoms with Crippen LogP contribution in [0.1, 0.15) is 36.4 Å². The standard InChI is InChI=1S/C26H26ClNO3S2/c1-18-10-16-22(17-11-18)33(30,31)28-26(19-6-3-2-4-7-19)25-23(29)8-5-9-24(25)32-21-14-12-20(27)13-15-21/h2-4,6-7,10-17,24-26,28H,5,8-9H2,1H3/t24-,25-,26-/m0/s1. The smallest absolute Gasteiger partial charge is 0.241 e. The summed E-state index contributed by atoms with van der Waals surface area (Å²) in [6.45, 7) is 1.91. The van der Waals surface area contributed by atoms with Crippen LogP contribution in [0.15, 0.2) is 88.7 Å². The molecule has 0 aromatic heterocycles. The van der Waals surface area contributed by atoms with E-state index < -0.39 is 22.0 Å². The highest BCUT2D eigenvalue weighted by Crippen LogP contribution is 2.42. The SMILES string of the molecule is Cc1ccc(S(=O)(=O)N[C@@H](c2ccccc2)[C@H]2C(=O)CCC[C@@H]2Sc2ccc(Cl)cc2)cc1.